The zero-order chi connectivity index (χ0) is 23.3. The molecule has 1 aliphatic rings. The standard InChI is InChI=1S/C28H30N4O2/c1-21(33)30-24-6-5-7-25(19-24)32-20-29-27-18-23(10-13-28(27)32)22-8-11-26(12-9-22)34-17-16-31-14-3-2-4-15-31/h5-13,18-20H,2-4,14-17H2,1H3,(H,30,33). The second-order valence-corrected chi connectivity index (χ2v) is 8.82. The van der Waals surface area contributed by atoms with E-state index < -0.39 is 0 Å². The summed E-state index contributed by atoms with van der Waals surface area (Å²) in [5, 5.41) is 2.83. The van der Waals surface area contributed by atoms with E-state index in [2.05, 4.69) is 45.5 Å². The topological polar surface area (TPSA) is 59.4 Å². The SMILES string of the molecule is CC(=O)Nc1cccc(-n2cnc3cc(-c4ccc(OCCN5CCCCC5)cc4)ccc32)c1. The monoisotopic (exact) mass is 454 g/mol. The number of likely N-dealkylation sites (tertiary alicyclic amines) is 1. The number of nitrogens with zero attached hydrogens (tertiary/aromatic N) is 3. The van der Waals surface area contributed by atoms with Gasteiger partial charge in [-0.2, -0.15) is 0 Å². The molecule has 2 heterocycles. The fourth-order valence-corrected chi connectivity index (χ4v) is 4.55. The van der Waals surface area contributed by atoms with Gasteiger partial charge in [-0.25, -0.2) is 4.98 Å². The number of rotatable bonds is 7. The maximum atomic E-state index is 11.4. The minimum Gasteiger partial charge on any atom is -0.492 e. The molecule has 1 aromatic heterocycles. The minimum absolute atomic E-state index is 0.0873. The van der Waals surface area contributed by atoms with Gasteiger partial charge in [-0.1, -0.05) is 30.7 Å². The average molecular weight is 455 g/mol. The van der Waals surface area contributed by atoms with Gasteiger partial charge in [0.05, 0.1) is 11.0 Å². The number of ether oxygens (including phenoxy) is 1. The van der Waals surface area contributed by atoms with Crippen LogP contribution in [0.2, 0.25) is 0 Å². The van der Waals surface area contributed by atoms with Gasteiger partial charge in [-0.3, -0.25) is 14.3 Å². The number of hydrogen-bond donors (Lipinski definition) is 1. The third kappa shape index (κ3) is 5.13. The predicted molar refractivity (Wildman–Crippen MR) is 137 cm³/mol. The van der Waals surface area contributed by atoms with Crippen LogP contribution >= 0.6 is 0 Å². The number of aromatic nitrogens is 2. The van der Waals surface area contributed by atoms with E-state index in [1.807, 2.05) is 47.3 Å². The van der Waals surface area contributed by atoms with Crippen molar-refractivity contribution in [1.82, 2.24) is 14.5 Å². The van der Waals surface area contributed by atoms with E-state index in [1.165, 1.54) is 39.3 Å². The Morgan fingerprint density at radius 3 is 2.56 bits per heavy atom. The Bertz CT molecular complexity index is 1270. The molecule has 5 rings (SSSR count). The molecule has 174 valence electrons. The molecule has 1 aliphatic heterocycles. The van der Waals surface area contributed by atoms with Crippen LogP contribution in [-0.4, -0.2) is 46.6 Å². The first kappa shape index (κ1) is 22.2. The highest BCUT2D eigenvalue weighted by Gasteiger charge is 2.10. The molecule has 4 aromatic rings. The van der Waals surface area contributed by atoms with Crippen LogP contribution in [0, 0.1) is 0 Å². The highest BCUT2D eigenvalue weighted by Crippen LogP contribution is 2.27. The van der Waals surface area contributed by atoms with E-state index in [9.17, 15) is 4.79 Å². The van der Waals surface area contributed by atoms with Gasteiger partial charge in [0.1, 0.15) is 18.7 Å². The van der Waals surface area contributed by atoms with Crippen LogP contribution in [0.4, 0.5) is 5.69 Å². The minimum atomic E-state index is -0.0873. The molecule has 0 unspecified atom stereocenters. The van der Waals surface area contributed by atoms with Gasteiger partial charge in [0.15, 0.2) is 0 Å². The molecule has 0 spiro atoms. The van der Waals surface area contributed by atoms with Crippen molar-refractivity contribution in [3.05, 3.63) is 73.1 Å². The maximum absolute atomic E-state index is 11.4. The van der Waals surface area contributed by atoms with Crippen LogP contribution < -0.4 is 10.1 Å². The summed E-state index contributed by atoms with van der Waals surface area (Å²) in [4.78, 5) is 18.5. The summed E-state index contributed by atoms with van der Waals surface area (Å²) in [6, 6.07) is 22.4. The number of hydrogen-bond acceptors (Lipinski definition) is 4. The van der Waals surface area contributed by atoms with Gasteiger partial charge in [0, 0.05) is 24.8 Å². The molecule has 6 nitrogen and oxygen atoms in total. The lowest BCUT2D eigenvalue weighted by molar-refractivity contribution is -0.114. The first-order valence-corrected chi connectivity index (χ1v) is 12.0. The molecule has 6 heteroatoms. The Morgan fingerprint density at radius 2 is 1.76 bits per heavy atom. The van der Waals surface area contributed by atoms with Crippen molar-refractivity contribution in [2.75, 3.05) is 31.6 Å². The van der Waals surface area contributed by atoms with Crippen molar-refractivity contribution >= 4 is 22.6 Å². The first-order valence-electron chi connectivity index (χ1n) is 12.0. The molecule has 0 aliphatic carbocycles. The van der Waals surface area contributed by atoms with E-state index in [1.54, 1.807) is 0 Å². The Morgan fingerprint density at radius 1 is 0.971 bits per heavy atom. The Balaban J connectivity index is 1.28. The molecular formula is C28H30N4O2. The fourth-order valence-electron chi connectivity index (χ4n) is 4.55. The summed E-state index contributed by atoms with van der Waals surface area (Å²) >= 11 is 0. The third-order valence-electron chi connectivity index (χ3n) is 6.30. The molecule has 1 N–H and O–H groups in total. The van der Waals surface area contributed by atoms with Crippen LogP contribution in [-0.2, 0) is 4.79 Å². The molecule has 1 fully saturated rings. The number of imidazole rings is 1. The number of anilines is 1. The van der Waals surface area contributed by atoms with E-state index in [0.717, 1.165) is 52.4 Å². The molecule has 3 aromatic carbocycles. The lowest BCUT2D eigenvalue weighted by Crippen LogP contribution is -2.33. The second-order valence-electron chi connectivity index (χ2n) is 8.82. The van der Waals surface area contributed by atoms with Gasteiger partial charge in [0.2, 0.25) is 5.91 Å². The highest BCUT2D eigenvalue weighted by atomic mass is 16.5. The van der Waals surface area contributed by atoms with Crippen molar-refractivity contribution in [1.29, 1.82) is 0 Å². The molecule has 0 atom stereocenters. The smallest absolute Gasteiger partial charge is 0.221 e. The summed E-state index contributed by atoms with van der Waals surface area (Å²) in [7, 11) is 0. The third-order valence-corrected chi connectivity index (χ3v) is 6.30. The van der Waals surface area contributed by atoms with Crippen LogP contribution in [0.1, 0.15) is 26.2 Å². The molecule has 34 heavy (non-hydrogen) atoms. The largest absolute Gasteiger partial charge is 0.492 e. The van der Waals surface area contributed by atoms with Crippen LogP contribution in [0.25, 0.3) is 27.8 Å². The van der Waals surface area contributed by atoms with Crippen LogP contribution in [0.5, 0.6) is 5.75 Å². The quantitative estimate of drug-likeness (QED) is 0.400. The Hall–Kier alpha value is -3.64. The zero-order valence-electron chi connectivity index (χ0n) is 19.5. The van der Waals surface area contributed by atoms with Crippen molar-refractivity contribution in [2.45, 2.75) is 26.2 Å². The van der Waals surface area contributed by atoms with Crippen molar-refractivity contribution in [3.63, 3.8) is 0 Å². The number of nitrogens with one attached hydrogen (secondary N) is 1. The number of carbonyl (C=O) groups is 1. The van der Waals surface area contributed by atoms with E-state index in [0.29, 0.717) is 0 Å². The lowest BCUT2D eigenvalue weighted by atomic mass is 10.0. The summed E-state index contributed by atoms with van der Waals surface area (Å²) in [5.41, 5.74) is 5.90. The summed E-state index contributed by atoms with van der Waals surface area (Å²) in [6.45, 7) is 5.62. The average Bonchev–Trinajstić information content (AvgIpc) is 3.28. The van der Waals surface area contributed by atoms with E-state index >= 15 is 0 Å². The molecule has 1 saturated heterocycles. The number of fused-ring (bicyclic) bond motifs is 1. The molecule has 0 bridgehead atoms. The number of amides is 1. The summed E-state index contributed by atoms with van der Waals surface area (Å²) < 4.78 is 8.00. The zero-order valence-corrected chi connectivity index (χ0v) is 19.5. The molecule has 0 radical (unpaired) electrons. The predicted octanol–water partition coefficient (Wildman–Crippen LogP) is 5.52. The van der Waals surface area contributed by atoms with Gasteiger partial charge < -0.3 is 10.1 Å². The van der Waals surface area contributed by atoms with Crippen LogP contribution in [0.15, 0.2) is 73.1 Å². The fraction of sp³-hybridized carbons (Fsp3) is 0.286. The Kier molecular flexibility index (Phi) is 6.58. The normalized spacial score (nSPS) is 14.3. The van der Waals surface area contributed by atoms with Crippen molar-refractivity contribution < 1.29 is 9.53 Å². The molecule has 1 amide bonds. The number of benzene rings is 3. The van der Waals surface area contributed by atoms with E-state index in [-0.39, 0.29) is 5.91 Å². The van der Waals surface area contributed by atoms with Crippen LogP contribution in [0.3, 0.4) is 0 Å². The van der Waals surface area contributed by atoms with Gasteiger partial charge in [-0.15, -0.1) is 0 Å². The number of carbonyl (C=O) groups excluding carboxylic acids is 1. The van der Waals surface area contributed by atoms with Gasteiger partial charge >= 0.3 is 0 Å². The molecule has 0 saturated carbocycles. The maximum Gasteiger partial charge on any atom is 0.221 e. The van der Waals surface area contributed by atoms with Crippen molar-refractivity contribution in [2.24, 2.45) is 0 Å². The van der Waals surface area contributed by atoms with Crippen molar-refractivity contribution in [3.8, 4) is 22.6 Å². The van der Waals surface area contributed by atoms with Gasteiger partial charge in [-0.05, 0) is 79.5 Å². The lowest BCUT2D eigenvalue weighted by Gasteiger charge is -2.26. The summed E-state index contributed by atoms with van der Waals surface area (Å²) in [5.74, 6) is 0.820. The first-order chi connectivity index (χ1) is 16.7. The number of piperidine rings is 1. The van der Waals surface area contributed by atoms with Gasteiger partial charge in [0.25, 0.3) is 0 Å². The second kappa shape index (κ2) is 10.1. The molecular weight excluding hydrogens is 424 g/mol. The highest BCUT2D eigenvalue weighted by molar-refractivity contribution is 5.89. The van der Waals surface area contributed by atoms with E-state index in [4.69, 9.17) is 4.74 Å². The Labute approximate surface area is 200 Å². The summed E-state index contributed by atoms with van der Waals surface area (Å²) in [6.07, 6.45) is 5.79.